The zero-order valence-corrected chi connectivity index (χ0v) is 12.0. The van der Waals surface area contributed by atoms with Gasteiger partial charge in [-0.25, -0.2) is 0 Å². The first-order valence-corrected chi connectivity index (χ1v) is 7.39. The van der Waals surface area contributed by atoms with E-state index in [1.807, 2.05) is 0 Å². The van der Waals surface area contributed by atoms with Gasteiger partial charge in [-0.1, -0.05) is 6.42 Å². The fourth-order valence-corrected chi connectivity index (χ4v) is 3.27. The molecule has 1 unspecified atom stereocenters. The second-order valence-corrected chi connectivity index (χ2v) is 5.82. The van der Waals surface area contributed by atoms with Crippen molar-refractivity contribution in [2.45, 2.75) is 32.2 Å². The van der Waals surface area contributed by atoms with Gasteiger partial charge in [0.1, 0.15) is 10.6 Å². The molecular formula is C12H21N5OS. The Morgan fingerprint density at radius 2 is 2.16 bits per heavy atom. The number of piperidine rings is 1. The lowest BCUT2D eigenvalue weighted by Crippen LogP contribution is -2.38. The predicted octanol–water partition coefficient (Wildman–Crippen LogP) is 1.11. The summed E-state index contributed by atoms with van der Waals surface area (Å²) < 4.78 is 3.98. The maximum absolute atomic E-state index is 11.3. The molecule has 2 rings (SSSR count). The maximum Gasteiger partial charge on any atom is 0.255 e. The quantitative estimate of drug-likeness (QED) is 0.752. The number of nitrogens with zero attached hydrogens (tertiary/aromatic N) is 2. The Bertz CT molecular complexity index is 441. The van der Waals surface area contributed by atoms with Crippen molar-refractivity contribution in [2.75, 3.05) is 30.7 Å². The Kier molecular flexibility index (Phi) is 4.60. The van der Waals surface area contributed by atoms with Gasteiger partial charge in [0.2, 0.25) is 0 Å². The van der Waals surface area contributed by atoms with Crippen LogP contribution in [0.3, 0.4) is 0 Å². The number of hydrogen-bond donors (Lipinski definition) is 3. The Morgan fingerprint density at radius 1 is 1.47 bits per heavy atom. The highest BCUT2D eigenvalue weighted by Gasteiger charge is 2.19. The average Bonchev–Trinajstić information content (AvgIpc) is 2.71. The minimum absolute atomic E-state index is 0.213. The smallest absolute Gasteiger partial charge is 0.255 e. The molecule has 1 fully saturated rings. The first-order chi connectivity index (χ1) is 9.08. The lowest BCUT2D eigenvalue weighted by Gasteiger charge is -2.29. The Labute approximate surface area is 117 Å². The maximum atomic E-state index is 11.3. The molecule has 5 N–H and O–H groups in total. The van der Waals surface area contributed by atoms with Gasteiger partial charge in [0.25, 0.3) is 5.91 Å². The van der Waals surface area contributed by atoms with Crippen LogP contribution in [0.25, 0.3) is 0 Å². The molecule has 0 saturated carbocycles. The summed E-state index contributed by atoms with van der Waals surface area (Å²) in [6.45, 7) is 5.35. The van der Waals surface area contributed by atoms with Gasteiger partial charge < -0.3 is 21.7 Å². The second-order valence-electron chi connectivity index (χ2n) is 5.04. The highest BCUT2D eigenvalue weighted by molar-refractivity contribution is 7.11. The third kappa shape index (κ3) is 3.57. The molecule has 2 heterocycles. The number of likely N-dealkylation sites (tertiary alicyclic amines) is 1. The summed E-state index contributed by atoms with van der Waals surface area (Å²) in [6, 6.07) is 0.232. The number of aromatic nitrogens is 1. The number of nitrogens with two attached hydrogens (primary N) is 2. The van der Waals surface area contributed by atoms with E-state index < -0.39 is 5.91 Å². The number of carbonyl (C=O) groups is 1. The van der Waals surface area contributed by atoms with Gasteiger partial charge in [-0.15, -0.1) is 0 Å². The van der Waals surface area contributed by atoms with E-state index in [4.69, 9.17) is 11.5 Å². The van der Waals surface area contributed by atoms with E-state index in [-0.39, 0.29) is 11.9 Å². The first-order valence-electron chi connectivity index (χ1n) is 6.61. The molecule has 1 saturated heterocycles. The number of primary amides is 1. The molecule has 0 bridgehead atoms. The van der Waals surface area contributed by atoms with Crippen molar-refractivity contribution < 1.29 is 4.79 Å². The number of carbonyl (C=O) groups excluding carboxylic acids is 1. The Balaban J connectivity index is 1.94. The van der Waals surface area contributed by atoms with Crippen LogP contribution in [-0.2, 0) is 0 Å². The largest absolute Gasteiger partial charge is 0.382 e. The van der Waals surface area contributed by atoms with Crippen LogP contribution in [0.1, 0.15) is 36.5 Å². The van der Waals surface area contributed by atoms with Crippen molar-refractivity contribution >= 4 is 28.3 Å². The summed E-state index contributed by atoms with van der Waals surface area (Å²) in [5, 5.41) is 3.97. The number of amides is 1. The van der Waals surface area contributed by atoms with E-state index in [0.29, 0.717) is 10.6 Å². The number of anilines is 2. The van der Waals surface area contributed by atoms with E-state index in [9.17, 15) is 4.79 Å². The number of nitrogen functional groups attached to an aromatic ring is 1. The van der Waals surface area contributed by atoms with Gasteiger partial charge in [0, 0.05) is 12.6 Å². The third-order valence-corrected chi connectivity index (χ3v) is 4.12. The van der Waals surface area contributed by atoms with Crippen LogP contribution in [0.4, 0.5) is 10.8 Å². The van der Waals surface area contributed by atoms with Crippen molar-refractivity contribution in [3.63, 3.8) is 0 Å². The van der Waals surface area contributed by atoms with Crippen LogP contribution < -0.4 is 16.8 Å². The molecule has 6 nitrogen and oxygen atoms in total. The fraction of sp³-hybridized carbons (Fsp3) is 0.667. The normalized spacial score (nSPS) is 18.2. The van der Waals surface area contributed by atoms with Crippen LogP contribution >= 0.6 is 11.5 Å². The van der Waals surface area contributed by atoms with Crippen molar-refractivity contribution in [2.24, 2.45) is 5.73 Å². The summed E-state index contributed by atoms with van der Waals surface area (Å²) in [6.07, 6.45) is 3.87. The summed E-state index contributed by atoms with van der Waals surface area (Å²) in [4.78, 5) is 13.8. The van der Waals surface area contributed by atoms with E-state index in [1.165, 1.54) is 30.8 Å². The third-order valence-electron chi connectivity index (χ3n) is 3.32. The fourth-order valence-electron chi connectivity index (χ4n) is 2.44. The molecule has 1 atom stereocenters. The molecule has 106 valence electrons. The highest BCUT2D eigenvalue weighted by atomic mass is 32.1. The molecule has 0 aliphatic carbocycles. The molecule has 1 aromatic rings. The van der Waals surface area contributed by atoms with Crippen LogP contribution in [0.5, 0.6) is 0 Å². The van der Waals surface area contributed by atoms with Crippen molar-refractivity contribution in [3.05, 3.63) is 5.56 Å². The monoisotopic (exact) mass is 283 g/mol. The first kappa shape index (κ1) is 14.1. The zero-order valence-electron chi connectivity index (χ0n) is 11.2. The molecule has 1 amide bonds. The molecule has 19 heavy (non-hydrogen) atoms. The zero-order chi connectivity index (χ0) is 13.8. The minimum Gasteiger partial charge on any atom is -0.382 e. The number of hydrogen-bond acceptors (Lipinski definition) is 6. The van der Waals surface area contributed by atoms with Crippen molar-refractivity contribution in [1.82, 2.24) is 9.27 Å². The van der Waals surface area contributed by atoms with Crippen LogP contribution in [-0.4, -0.2) is 40.9 Å². The van der Waals surface area contributed by atoms with Gasteiger partial charge in [-0.3, -0.25) is 4.79 Å². The molecule has 0 spiro atoms. The average molecular weight is 283 g/mol. The van der Waals surface area contributed by atoms with Crippen molar-refractivity contribution in [1.29, 1.82) is 0 Å². The van der Waals surface area contributed by atoms with E-state index >= 15 is 0 Å². The Morgan fingerprint density at radius 3 is 2.79 bits per heavy atom. The molecule has 1 aromatic heterocycles. The molecule has 1 aliphatic rings. The SMILES string of the molecule is CC(CN1CCCCC1)Nc1snc(N)c1C(N)=O. The van der Waals surface area contributed by atoms with Crippen molar-refractivity contribution in [3.8, 4) is 0 Å². The molecule has 1 aliphatic heterocycles. The topological polar surface area (TPSA) is 97.3 Å². The molecular weight excluding hydrogens is 262 g/mol. The molecule has 0 radical (unpaired) electrons. The molecule has 7 heteroatoms. The predicted molar refractivity (Wildman–Crippen MR) is 78.4 cm³/mol. The van der Waals surface area contributed by atoms with E-state index in [2.05, 4.69) is 21.5 Å². The summed E-state index contributed by atoms with van der Waals surface area (Å²) in [7, 11) is 0. The minimum atomic E-state index is -0.529. The number of rotatable bonds is 5. The van der Waals surface area contributed by atoms with E-state index in [0.717, 1.165) is 19.6 Å². The molecule has 0 aromatic carbocycles. The van der Waals surface area contributed by atoms with Gasteiger partial charge in [0.15, 0.2) is 5.82 Å². The van der Waals surface area contributed by atoms with Gasteiger partial charge in [-0.05, 0) is 44.4 Å². The lowest BCUT2D eigenvalue weighted by molar-refractivity contribution is 0.100. The van der Waals surface area contributed by atoms with Gasteiger partial charge in [0.05, 0.1) is 0 Å². The van der Waals surface area contributed by atoms with E-state index in [1.54, 1.807) is 0 Å². The van der Waals surface area contributed by atoms with Crippen LogP contribution in [0.15, 0.2) is 0 Å². The second kappa shape index (κ2) is 6.21. The Hall–Kier alpha value is -1.34. The van der Waals surface area contributed by atoms with Gasteiger partial charge >= 0.3 is 0 Å². The van der Waals surface area contributed by atoms with Gasteiger partial charge in [-0.2, -0.15) is 4.37 Å². The summed E-state index contributed by atoms with van der Waals surface area (Å²) in [5.41, 5.74) is 11.3. The number of nitrogens with one attached hydrogen (secondary N) is 1. The summed E-state index contributed by atoms with van der Waals surface area (Å²) >= 11 is 1.19. The van der Waals surface area contributed by atoms with Crippen LogP contribution in [0.2, 0.25) is 0 Å². The van der Waals surface area contributed by atoms with Crippen LogP contribution in [0, 0.1) is 0 Å². The lowest BCUT2D eigenvalue weighted by atomic mass is 10.1. The highest BCUT2D eigenvalue weighted by Crippen LogP contribution is 2.26. The standard InChI is InChI=1S/C12H21N5OS/c1-8(7-17-5-3-2-4-6-17)15-12-9(11(14)18)10(13)16-19-12/h8,15H,2-7H2,1H3,(H2,13,16)(H2,14,18). The summed E-state index contributed by atoms with van der Waals surface area (Å²) in [5.74, 6) is -0.316.